The molecule has 5 nitrogen and oxygen atoms in total. The fraction of sp³-hybridized carbons (Fsp3) is 0.222. The summed E-state index contributed by atoms with van der Waals surface area (Å²) < 4.78 is 3.56. The van der Waals surface area contributed by atoms with Crippen molar-refractivity contribution in [2.24, 2.45) is 0 Å². The van der Waals surface area contributed by atoms with E-state index >= 15 is 0 Å². The summed E-state index contributed by atoms with van der Waals surface area (Å²) in [4.78, 5) is 15.6. The molecule has 25 heavy (non-hydrogen) atoms. The number of aliphatic carboxylic acids is 1. The van der Waals surface area contributed by atoms with Crippen molar-refractivity contribution in [3.8, 4) is 0 Å². The zero-order valence-corrected chi connectivity index (χ0v) is 14.7. The highest BCUT2D eigenvalue weighted by molar-refractivity contribution is 6.29. The molecule has 0 radical (unpaired) electrons. The number of carbonyl (C=O) groups is 1. The molecule has 1 aliphatic heterocycles. The van der Waals surface area contributed by atoms with Crippen LogP contribution < -0.4 is 0 Å². The monoisotopic (exact) mass is 375 g/mol. The van der Waals surface area contributed by atoms with Crippen LogP contribution in [-0.4, -0.2) is 31.1 Å². The summed E-state index contributed by atoms with van der Waals surface area (Å²) in [5.74, 6) is -0.903. The molecule has 1 N–H and O–H groups in total. The Morgan fingerprint density at radius 2 is 2.08 bits per heavy atom. The van der Waals surface area contributed by atoms with Crippen LogP contribution in [-0.2, 0) is 24.3 Å². The number of carboxylic acid groups (broad SMARTS) is 1. The van der Waals surface area contributed by atoms with Crippen molar-refractivity contribution in [1.82, 2.24) is 14.0 Å². The summed E-state index contributed by atoms with van der Waals surface area (Å²) in [6.07, 6.45) is 2.14. The lowest BCUT2D eigenvalue weighted by molar-refractivity contribution is -0.141. The molecule has 3 aromatic rings. The second-order valence-corrected chi connectivity index (χ2v) is 6.96. The molecular weight excluding hydrogens is 361 g/mol. The molecule has 3 heterocycles. The van der Waals surface area contributed by atoms with Crippen molar-refractivity contribution in [1.29, 1.82) is 0 Å². The van der Waals surface area contributed by atoms with Crippen LogP contribution in [0.5, 0.6) is 0 Å². The highest BCUT2D eigenvalue weighted by Crippen LogP contribution is 2.34. The number of hydrogen-bond donors (Lipinski definition) is 1. The van der Waals surface area contributed by atoms with E-state index in [0.29, 0.717) is 24.7 Å². The average molecular weight is 376 g/mol. The highest BCUT2D eigenvalue weighted by Gasteiger charge is 2.34. The molecule has 0 spiro atoms. The van der Waals surface area contributed by atoms with Gasteiger partial charge in [0.1, 0.15) is 11.2 Å². The Kier molecular flexibility index (Phi) is 4.15. The molecule has 0 amide bonds. The van der Waals surface area contributed by atoms with E-state index in [1.54, 1.807) is 12.3 Å². The van der Waals surface area contributed by atoms with Crippen LogP contribution in [0.3, 0.4) is 0 Å². The molecule has 128 valence electrons. The first-order chi connectivity index (χ1) is 12.0. The third-order valence-corrected chi connectivity index (χ3v) is 5.22. The number of benzene rings is 1. The molecule has 0 bridgehead atoms. The van der Waals surface area contributed by atoms with Gasteiger partial charge in [0.05, 0.1) is 6.54 Å². The van der Waals surface area contributed by atoms with Gasteiger partial charge in [-0.2, -0.15) is 4.42 Å². The van der Waals surface area contributed by atoms with Gasteiger partial charge in [-0.3, -0.25) is 4.79 Å². The van der Waals surface area contributed by atoms with Crippen molar-refractivity contribution < 1.29 is 9.90 Å². The largest absolute Gasteiger partial charge is 0.480 e. The third-order valence-electron chi connectivity index (χ3n) is 4.64. The van der Waals surface area contributed by atoms with Crippen LogP contribution in [0.25, 0.3) is 10.9 Å². The first-order valence-electron chi connectivity index (χ1n) is 7.89. The summed E-state index contributed by atoms with van der Waals surface area (Å²) in [6, 6.07) is 11.0. The van der Waals surface area contributed by atoms with E-state index in [4.69, 9.17) is 23.4 Å². The number of hydrogen-bond acceptors (Lipinski definition) is 3. The number of fused-ring (bicyclic) bond motifs is 3. The Labute approximate surface area is 154 Å². The zero-order chi connectivity index (χ0) is 17.6. The smallest absolute Gasteiger partial charge is 0.322 e. The van der Waals surface area contributed by atoms with Crippen molar-refractivity contribution in [3.63, 3.8) is 0 Å². The van der Waals surface area contributed by atoms with Gasteiger partial charge in [0, 0.05) is 35.8 Å². The van der Waals surface area contributed by atoms with Gasteiger partial charge in [-0.25, -0.2) is 4.98 Å². The Morgan fingerprint density at radius 1 is 1.28 bits per heavy atom. The SMILES string of the molecule is O=C(O)[C@@H]1Cc2c(n(Cc3ccc(Cl)nc3)c3ccccc23)CN1Cl. The van der Waals surface area contributed by atoms with Crippen LogP contribution in [0, 0.1) is 0 Å². The number of aromatic nitrogens is 2. The lowest BCUT2D eigenvalue weighted by Crippen LogP contribution is -2.40. The number of halogens is 2. The highest BCUT2D eigenvalue weighted by atomic mass is 35.5. The third kappa shape index (κ3) is 2.88. The van der Waals surface area contributed by atoms with Crippen molar-refractivity contribution in [3.05, 3.63) is 64.6 Å². The van der Waals surface area contributed by atoms with E-state index in [9.17, 15) is 9.90 Å². The molecule has 0 saturated heterocycles. The predicted octanol–water partition coefficient (Wildman–Crippen LogP) is 3.70. The number of pyridine rings is 1. The van der Waals surface area contributed by atoms with Crippen LogP contribution >= 0.6 is 23.4 Å². The van der Waals surface area contributed by atoms with Crippen LogP contribution in [0.1, 0.15) is 16.8 Å². The molecule has 0 fully saturated rings. The van der Waals surface area contributed by atoms with Gasteiger partial charge < -0.3 is 9.67 Å². The fourth-order valence-electron chi connectivity index (χ4n) is 3.45. The van der Waals surface area contributed by atoms with E-state index in [1.807, 2.05) is 30.3 Å². The van der Waals surface area contributed by atoms with Gasteiger partial charge in [-0.15, -0.1) is 0 Å². The number of rotatable bonds is 3. The Bertz CT molecular complexity index is 953. The van der Waals surface area contributed by atoms with Gasteiger partial charge in [-0.1, -0.05) is 35.9 Å². The Balaban J connectivity index is 1.84. The Morgan fingerprint density at radius 3 is 2.80 bits per heavy atom. The molecule has 0 aliphatic carbocycles. The second-order valence-electron chi connectivity index (χ2n) is 6.13. The first-order valence-corrected chi connectivity index (χ1v) is 8.61. The van der Waals surface area contributed by atoms with E-state index in [2.05, 4.69) is 9.55 Å². The molecule has 4 rings (SSSR count). The quantitative estimate of drug-likeness (QED) is 0.559. The molecule has 0 saturated carbocycles. The zero-order valence-electron chi connectivity index (χ0n) is 13.2. The summed E-state index contributed by atoms with van der Waals surface area (Å²) >= 11 is 12.1. The van der Waals surface area contributed by atoms with E-state index in [-0.39, 0.29) is 0 Å². The maximum absolute atomic E-state index is 11.5. The lowest BCUT2D eigenvalue weighted by Gasteiger charge is -2.28. The summed E-state index contributed by atoms with van der Waals surface area (Å²) in [6.45, 7) is 1.01. The molecule has 2 aromatic heterocycles. The maximum atomic E-state index is 11.5. The van der Waals surface area contributed by atoms with Crippen LogP contribution in [0.4, 0.5) is 0 Å². The standard InChI is InChI=1S/C18H15Cl2N3O2/c19-17-6-5-11(8-21-17)9-22-14-4-2-1-3-12(14)13-7-15(18(24)25)23(20)10-16(13)22/h1-6,8,15H,7,9-10H2,(H,24,25)/t15-/m0/s1. The molecule has 1 aliphatic rings. The average Bonchev–Trinajstić information content (AvgIpc) is 2.89. The van der Waals surface area contributed by atoms with Gasteiger partial charge >= 0.3 is 5.97 Å². The molecular formula is C18H15Cl2N3O2. The molecule has 0 unspecified atom stereocenters. The summed E-state index contributed by atoms with van der Waals surface area (Å²) in [5.41, 5.74) is 4.19. The topological polar surface area (TPSA) is 58.4 Å². The van der Waals surface area contributed by atoms with E-state index in [0.717, 1.165) is 27.7 Å². The van der Waals surface area contributed by atoms with Gasteiger partial charge in [0.25, 0.3) is 0 Å². The fourth-order valence-corrected chi connectivity index (χ4v) is 3.83. The minimum absolute atomic E-state index is 0.379. The molecule has 1 atom stereocenters. The minimum atomic E-state index is -0.903. The van der Waals surface area contributed by atoms with Crippen molar-refractivity contribution in [2.75, 3.05) is 0 Å². The van der Waals surface area contributed by atoms with Gasteiger partial charge in [0.15, 0.2) is 0 Å². The van der Waals surface area contributed by atoms with Gasteiger partial charge in [0.2, 0.25) is 0 Å². The number of nitrogens with zero attached hydrogens (tertiary/aromatic N) is 3. The normalized spacial score (nSPS) is 17.6. The first kappa shape index (κ1) is 16.4. The van der Waals surface area contributed by atoms with Crippen LogP contribution in [0.15, 0.2) is 42.6 Å². The maximum Gasteiger partial charge on any atom is 0.322 e. The van der Waals surface area contributed by atoms with E-state index in [1.165, 1.54) is 4.42 Å². The van der Waals surface area contributed by atoms with Gasteiger partial charge in [-0.05, 0) is 35.0 Å². The second kappa shape index (κ2) is 6.33. The minimum Gasteiger partial charge on any atom is -0.480 e. The van der Waals surface area contributed by atoms with Crippen LogP contribution in [0.2, 0.25) is 5.15 Å². The summed E-state index contributed by atoms with van der Waals surface area (Å²) in [5, 5.41) is 11.0. The predicted molar refractivity (Wildman–Crippen MR) is 96.8 cm³/mol. The lowest BCUT2D eigenvalue weighted by atomic mass is 9.98. The number of para-hydroxylation sites is 1. The van der Waals surface area contributed by atoms with Crippen molar-refractivity contribution >= 4 is 40.2 Å². The molecule has 7 heteroatoms. The summed E-state index contributed by atoms with van der Waals surface area (Å²) in [7, 11) is 0. The Hall–Kier alpha value is -2.08. The van der Waals surface area contributed by atoms with Crippen molar-refractivity contribution in [2.45, 2.75) is 25.6 Å². The molecule has 1 aromatic carbocycles. The number of carboxylic acids is 1. The van der Waals surface area contributed by atoms with E-state index < -0.39 is 12.0 Å².